The van der Waals surface area contributed by atoms with E-state index in [1.54, 1.807) is 86.8 Å². The molecule has 1 aliphatic rings. The van der Waals surface area contributed by atoms with Crippen LogP contribution in [0, 0.1) is 11.3 Å². The fourth-order valence-electron chi connectivity index (χ4n) is 6.70. The van der Waals surface area contributed by atoms with E-state index in [9.17, 15) is 19.2 Å². The van der Waals surface area contributed by atoms with Gasteiger partial charge in [-0.1, -0.05) is 87.5 Å². The van der Waals surface area contributed by atoms with E-state index in [2.05, 4.69) is 36.7 Å². The van der Waals surface area contributed by atoms with Gasteiger partial charge in [-0.2, -0.15) is 0 Å². The SMILES string of the molecule is CCOC(=O)c1c(NC(=O)C(Sc2cccc(NC(=O)/C(=C\c3ccc(OC)cc3)NC(=O)c3ccccc3)c2)c2ccccc2)sc2c1CCC(C(C)(C)C)C2. The molecule has 0 radical (unpaired) electrons. The molecule has 5 aromatic rings. The fraction of sp³-hybridized carbons (Fsp3) is 0.261. The summed E-state index contributed by atoms with van der Waals surface area (Å²) in [6, 6.07) is 32.4. The van der Waals surface area contributed by atoms with E-state index in [1.807, 2.05) is 42.5 Å². The van der Waals surface area contributed by atoms with Gasteiger partial charge >= 0.3 is 5.97 Å². The van der Waals surface area contributed by atoms with Gasteiger partial charge in [-0.3, -0.25) is 14.4 Å². The molecule has 57 heavy (non-hydrogen) atoms. The van der Waals surface area contributed by atoms with E-state index in [4.69, 9.17) is 9.47 Å². The Morgan fingerprint density at radius 2 is 1.60 bits per heavy atom. The Kier molecular flexibility index (Phi) is 13.3. The number of methoxy groups -OCH3 is 1. The van der Waals surface area contributed by atoms with Crippen LogP contribution >= 0.6 is 23.1 Å². The van der Waals surface area contributed by atoms with Crippen LogP contribution in [0.3, 0.4) is 0 Å². The van der Waals surface area contributed by atoms with E-state index >= 15 is 0 Å². The molecule has 0 aliphatic heterocycles. The highest BCUT2D eigenvalue weighted by atomic mass is 32.2. The Morgan fingerprint density at radius 1 is 0.895 bits per heavy atom. The van der Waals surface area contributed by atoms with Gasteiger partial charge in [-0.25, -0.2) is 4.79 Å². The van der Waals surface area contributed by atoms with Crippen LogP contribution in [0.25, 0.3) is 6.08 Å². The number of hydrogen-bond acceptors (Lipinski definition) is 8. The number of fused-ring (bicyclic) bond motifs is 1. The molecule has 294 valence electrons. The summed E-state index contributed by atoms with van der Waals surface area (Å²) < 4.78 is 10.8. The molecule has 1 aromatic heterocycles. The van der Waals surface area contributed by atoms with Crippen LogP contribution in [-0.2, 0) is 27.2 Å². The molecule has 9 nitrogen and oxygen atoms in total. The van der Waals surface area contributed by atoms with Crippen molar-refractivity contribution in [3.05, 3.63) is 148 Å². The van der Waals surface area contributed by atoms with Crippen LogP contribution in [0.4, 0.5) is 10.7 Å². The quantitative estimate of drug-likeness (QED) is 0.0616. The highest BCUT2D eigenvalue weighted by molar-refractivity contribution is 8.00. The molecule has 0 fully saturated rings. The zero-order valence-electron chi connectivity index (χ0n) is 32.7. The molecule has 3 amide bonds. The van der Waals surface area contributed by atoms with Gasteiger partial charge < -0.3 is 25.4 Å². The Balaban J connectivity index is 1.25. The van der Waals surface area contributed by atoms with Crippen molar-refractivity contribution in [2.45, 2.75) is 57.1 Å². The van der Waals surface area contributed by atoms with Gasteiger partial charge in [-0.15, -0.1) is 23.1 Å². The topological polar surface area (TPSA) is 123 Å². The van der Waals surface area contributed by atoms with E-state index in [0.717, 1.165) is 40.2 Å². The number of thiophene rings is 1. The summed E-state index contributed by atoms with van der Waals surface area (Å²) in [7, 11) is 1.57. The first-order valence-corrected chi connectivity index (χ1v) is 20.6. The molecule has 0 spiro atoms. The second kappa shape index (κ2) is 18.5. The standard InChI is InChI=1S/C46H47N3O6S2/c1-6-55-45(53)39-36-25-22-32(46(2,3)4)27-38(36)57-44(39)49-43(52)40(30-14-9-7-10-15-30)56-35-19-13-18-33(28-35)47-42(51)37(26-29-20-23-34(54-5)24-21-29)48-41(50)31-16-11-8-12-17-31/h7-21,23-24,26,28,32,40H,6,22,25,27H2,1-5H3,(H,47,51)(H,48,50)(H,49,52)/b37-26+. The minimum absolute atomic E-state index is 0.0403. The first-order valence-electron chi connectivity index (χ1n) is 18.9. The molecule has 6 rings (SSSR count). The first kappa shape index (κ1) is 41.0. The number of amides is 3. The first-order chi connectivity index (χ1) is 27.4. The van der Waals surface area contributed by atoms with E-state index in [1.165, 1.54) is 23.1 Å². The van der Waals surface area contributed by atoms with Gasteiger partial charge in [0.1, 0.15) is 21.7 Å². The lowest BCUT2D eigenvalue weighted by atomic mass is 9.72. The van der Waals surface area contributed by atoms with Gasteiger partial charge in [0.2, 0.25) is 5.91 Å². The summed E-state index contributed by atoms with van der Waals surface area (Å²) in [6.45, 7) is 8.75. The number of anilines is 2. The molecule has 1 heterocycles. The van der Waals surface area contributed by atoms with Crippen LogP contribution in [-0.4, -0.2) is 37.4 Å². The van der Waals surface area contributed by atoms with Crippen molar-refractivity contribution in [3.8, 4) is 5.75 Å². The number of ether oxygens (including phenoxy) is 2. The number of benzene rings is 4. The number of nitrogens with one attached hydrogen (secondary N) is 3. The summed E-state index contributed by atoms with van der Waals surface area (Å²) >= 11 is 2.79. The maximum absolute atomic E-state index is 14.4. The van der Waals surface area contributed by atoms with Gasteiger partial charge in [0.25, 0.3) is 11.8 Å². The third kappa shape index (κ3) is 10.4. The third-order valence-corrected chi connectivity index (χ3v) is 12.3. The number of rotatable bonds is 13. The minimum Gasteiger partial charge on any atom is -0.497 e. The lowest BCUT2D eigenvalue weighted by Crippen LogP contribution is -2.30. The zero-order chi connectivity index (χ0) is 40.5. The highest BCUT2D eigenvalue weighted by Crippen LogP contribution is 2.45. The predicted octanol–water partition coefficient (Wildman–Crippen LogP) is 9.97. The van der Waals surface area contributed by atoms with Gasteiger partial charge in [-0.05, 0) is 103 Å². The maximum atomic E-state index is 14.4. The molecule has 11 heteroatoms. The number of hydrogen-bond donors (Lipinski definition) is 3. The number of carbonyl (C=O) groups excluding carboxylic acids is 4. The second-order valence-electron chi connectivity index (χ2n) is 14.8. The van der Waals surface area contributed by atoms with Crippen LogP contribution in [0.5, 0.6) is 5.75 Å². The summed E-state index contributed by atoms with van der Waals surface area (Å²) in [6.07, 6.45) is 4.15. The zero-order valence-corrected chi connectivity index (χ0v) is 34.4. The van der Waals surface area contributed by atoms with Crippen molar-refractivity contribution in [2.24, 2.45) is 11.3 Å². The fourth-order valence-corrected chi connectivity index (χ4v) is 9.10. The lowest BCUT2D eigenvalue weighted by Gasteiger charge is -2.33. The molecule has 4 aromatic carbocycles. The van der Waals surface area contributed by atoms with Crippen molar-refractivity contribution in [3.63, 3.8) is 0 Å². The molecular weight excluding hydrogens is 755 g/mol. The average Bonchev–Trinajstić information content (AvgIpc) is 3.57. The highest BCUT2D eigenvalue weighted by Gasteiger charge is 2.35. The summed E-state index contributed by atoms with van der Waals surface area (Å²) in [5, 5.41) is 8.64. The smallest absolute Gasteiger partial charge is 0.341 e. The monoisotopic (exact) mass is 801 g/mol. The Bertz CT molecular complexity index is 2250. The Labute approximate surface area is 342 Å². The molecule has 0 saturated heterocycles. The normalized spacial score (nSPS) is 14.5. The average molecular weight is 802 g/mol. The molecular formula is C46H47N3O6S2. The molecule has 2 atom stereocenters. The molecule has 0 bridgehead atoms. The minimum atomic E-state index is -0.704. The van der Waals surface area contributed by atoms with Crippen LogP contribution in [0.15, 0.2) is 120 Å². The number of carbonyl (C=O) groups is 4. The second-order valence-corrected chi connectivity index (χ2v) is 17.0. The van der Waals surface area contributed by atoms with E-state index in [-0.39, 0.29) is 23.6 Å². The van der Waals surface area contributed by atoms with E-state index in [0.29, 0.717) is 39.0 Å². The summed E-state index contributed by atoms with van der Waals surface area (Å²) in [4.78, 5) is 56.6. The van der Waals surface area contributed by atoms with E-state index < -0.39 is 23.0 Å². The Morgan fingerprint density at radius 3 is 2.26 bits per heavy atom. The molecule has 0 saturated carbocycles. The maximum Gasteiger partial charge on any atom is 0.341 e. The van der Waals surface area contributed by atoms with Gasteiger partial charge in [0.05, 0.1) is 19.3 Å². The summed E-state index contributed by atoms with van der Waals surface area (Å²) in [5.41, 5.74) is 3.91. The van der Waals surface area contributed by atoms with Gasteiger partial charge in [0, 0.05) is 21.0 Å². The van der Waals surface area contributed by atoms with Crippen molar-refractivity contribution in [2.75, 3.05) is 24.4 Å². The van der Waals surface area contributed by atoms with Crippen molar-refractivity contribution < 1.29 is 28.7 Å². The summed E-state index contributed by atoms with van der Waals surface area (Å²) in [5.74, 6) is -0.560. The predicted molar refractivity (Wildman–Crippen MR) is 229 cm³/mol. The van der Waals surface area contributed by atoms with Crippen molar-refractivity contribution >= 4 is 63.6 Å². The number of esters is 1. The van der Waals surface area contributed by atoms with Crippen molar-refractivity contribution in [1.82, 2.24) is 5.32 Å². The largest absolute Gasteiger partial charge is 0.497 e. The molecule has 3 N–H and O–H groups in total. The molecule has 2 unspecified atom stereocenters. The van der Waals surface area contributed by atoms with Crippen molar-refractivity contribution in [1.29, 1.82) is 0 Å². The van der Waals surface area contributed by atoms with Crippen LogP contribution < -0.4 is 20.7 Å². The van der Waals surface area contributed by atoms with Gasteiger partial charge in [0.15, 0.2) is 0 Å². The van der Waals surface area contributed by atoms with Crippen LogP contribution in [0.1, 0.15) is 81.6 Å². The Hall–Kier alpha value is -5.65. The number of thioether (sulfide) groups is 1. The third-order valence-electron chi connectivity index (χ3n) is 9.85. The lowest BCUT2D eigenvalue weighted by molar-refractivity contribution is -0.116. The van der Waals surface area contributed by atoms with Crippen LogP contribution in [0.2, 0.25) is 0 Å². The molecule has 1 aliphatic carbocycles.